The monoisotopic (exact) mass is 363 g/mol. The van der Waals surface area contributed by atoms with Crippen molar-refractivity contribution in [2.24, 2.45) is 12.5 Å². The molecule has 140 valence electrons. The van der Waals surface area contributed by atoms with E-state index in [1.165, 1.54) is 5.56 Å². The third kappa shape index (κ3) is 3.05. The second-order valence-electron chi connectivity index (χ2n) is 8.02. The summed E-state index contributed by atoms with van der Waals surface area (Å²) >= 11 is 0. The first-order valence-corrected chi connectivity index (χ1v) is 9.23. The van der Waals surface area contributed by atoms with Gasteiger partial charge in [-0.05, 0) is 18.6 Å². The number of imidazole rings is 1. The molecule has 1 atom stereocenters. The molecule has 27 heavy (non-hydrogen) atoms. The highest BCUT2D eigenvalue weighted by atomic mass is 16.2. The van der Waals surface area contributed by atoms with E-state index in [1.54, 1.807) is 4.68 Å². The third-order valence-corrected chi connectivity index (χ3v) is 5.30. The predicted molar refractivity (Wildman–Crippen MR) is 103 cm³/mol. The summed E-state index contributed by atoms with van der Waals surface area (Å²) in [6.07, 6.45) is 3.82. The van der Waals surface area contributed by atoms with Gasteiger partial charge in [0, 0.05) is 37.9 Å². The molecule has 0 bridgehead atoms. The topological polar surface area (TPSA) is 56.0 Å². The highest BCUT2D eigenvalue weighted by molar-refractivity contribution is 5.93. The van der Waals surface area contributed by atoms with E-state index in [0.29, 0.717) is 12.2 Å². The Labute approximate surface area is 159 Å². The van der Waals surface area contributed by atoms with E-state index in [-0.39, 0.29) is 17.4 Å². The number of benzene rings is 1. The summed E-state index contributed by atoms with van der Waals surface area (Å²) in [4.78, 5) is 19.7. The van der Waals surface area contributed by atoms with Gasteiger partial charge in [0.15, 0.2) is 0 Å². The van der Waals surface area contributed by atoms with Gasteiger partial charge >= 0.3 is 0 Å². The van der Waals surface area contributed by atoms with Crippen LogP contribution in [0.5, 0.6) is 0 Å². The number of rotatable bonds is 4. The largest absolute Gasteiger partial charge is 0.329 e. The average molecular weight is 363 g/mol. The van der Waals surface area contributed by atoms with Crippen molar-refractivity contribution < 1.29 is 4.79 Å². The van der Waals surface area contributed by atoms with Crippen molar-refractivity contribution in [1.29, 1.82) is 0 Å². The quantitative estimate of drug-likeness (QED) is 0.715. The molecule has 0 radical (unpaired) electrons. The fourth-order valence-electron chi connectivity index (χ4n) is 4.04. The summed E-state index contributed by atoms with van der Waals surface area (Å²) in [5.74, 6) is 0.944. The lowest BCUT2D eigenvalue weighted by Gasteiger charge is -2.53. The minimum Gasteiger partial charge on any atom is -0.329 e. The van der Waals surface area contributed by atoms with Gasteiger partial charge in [0.25, 0.3) is 5.91 Å². The van der Waals surface area contributed by atoms with Gasteiger partial charge in [-0.1, -0.05) is 44.2 Å². The molecule has 3 heterocycles. The van der Waals surface area contributed by atoms with E-state index >= 15 is 0 Å². The Morgan fingerprint density at radius 1 is 1.26 bits per heavy atom. The summed E-state index contributed by atoms with van der Waals surface area (Å²) in [6, 6.07) is 12.1. The van der Waals surface area contributed by atoms with Crippen molar-refractivity contribution >= 4 is 5.91 Å². The Bertz CT molecular complexity index is 970. The first-order valence-electron chi connectivity index (χ1n) is 9.23. The fourth-order valence-corrected chi connectivity index (χ4v) is 4.04. The summed E-state index contributed by atoms with van der Waals surface area (Å²) in [6.45, 7) is 7.74. The van der Waals surface area contributed by atoms with Gasteiger partial charge in [0.05, 0.1) is 11.7 Å². The van der Waals surface area contributed by atoms with Crippen molar-refractivity contribution in [3.8, 4) is 0 Å². The van der Waals surface area contributed by atoms with Crippen LogP contribution in [0.1, 0.15) is 47.5 Å². The molecular weight excluding hydrogens is 338 g/mol. The van der Waals surface area contributed by atoms with E-state index in [0.717, 1.165) is 18.1 Å². The van der Waals surface area contributed by atoms with Gasteiger partial charge in [-0.2, -0.15) is 5.10 Å². The van der Waals surface area contributed by atoms with Crippen molar-refractivity contribution in [1.82, 2.24) is 24.2 Å². The predicted octanol–water partition coefficient (Wildman–Crippen LogP) is 3.20. The second kappa shape index (κ2) is 6.37. The molecular formula is C21H25N5O. The first-order chi connectivity index (χ1) is 12.9. The van der Waals surface area contributed by atoms with Crippen LogP contribution >= 0.6 is 0 Å². The van der Waals surface area contributed by atoms with E-state index < -0.39 is 0 Å². The fraction of sp³-hybridized carbons (Fsp3) is 0.381. The second-order valence-corrected chi connectivity index (χ2v) is 8.02. The van der Waals surface area contributed by atoms with Crippen LogP contribution in [0.3, 0.4) is 0 Å². The highest BCUT2D eigenvalue weighted by Gasteiger charge is 2.51. The first kappa shape index (κ1) is 17.5. The van der Waals surface area contributed by atoms with Crippen LogP contribution in [-0.2, 0) is 13.6 Å². The zero-order chi connectivity index (χ0) is 19.2. The molecule has 6 heteroatoms. The van der Waals surface area contributed by atoms with Gasteiger partial charge < -0.3 is 9.47 Å². The lowest BCUT2D eigenvalue weighted by atomic mass is 9.74. The zero-order valence-electron chi connectivity index (χ0n) is 16.3. The molecule has 0 aliphatic carbocycles. The van der Waals surface area contributed by atoms with Gasteiger partial charge in [-0.3, -0.25) is 9.48 Å². The van der Waals surface area contributed by atoms with Crippen LogP contribution in [0.4, 0.5) is 0 Å². The van der Waals surface area contributed by atoms with Crippen LogP contribution in [0, 0.1) is 12.3 Å². The number of nitrogens with zero attached hydrogens (tertiary/aromatic N) is 5. The van der Waals surface area contributed by atoms with Gasteiger partial charge in [0.1, 0.15) is 11.5 Å². The lowest BCUT2D eigenvalue weighted by molar-refractivity contribution is -0.0384. The zero-order valence-corrected chi connectivity index (χ0v) is 16.3. The van der Waals surface area contributed by atoms with Crippen LogP contribution < -0.4 is 0 Å². The van der Waals surface area contributed by atoms with Crippen LogP contribution in [0.15, 0.2) is 48.8 Å². The molecule has 0 N–H and O–H groups in total. The molecule has 0 spiro atoms. The molecule has 0 saturated carbocycles. The Hall–Kier alpha value is -2.89. The molecule has 1 aliphatic rings. The van der Waals surface area contributed by atoms with Crippen molar-refractivity contribution in [3.05, 3.63) is 71.6 Å². The lowest BCUT2D eigenvalue weighted by Crippen LogP contribution is -2.58. The Kier molecular flexibility index (Phi) is 4.13. The minimum absolute atomic E-state index is 0.0108. The van der Waals surface area contributed by atoms with Crippen molar-refractivity contribution in [2.45, 2.75) is 33.4 Å². The summed E-state index contributed by atoms with van der Waals surface area (Å²) in [5, 5.41) is 4.32. The molecule has 4 rings (SSSR count). The van der Waals surface area contributed by atoms with E-state index in [1.807, 2.05) is 55.5 Å². The smallest absolute Gasteiger partial charge is 0.272 e. The number of likely N-dealkylation sites (tertiary alicyclic amines) is 1. The number of aromatic nitrogens is 4. The normalized spacial score (nSPS) is 18.4. The Balaban J connectivity index is 1.64. The number of hydrogen-bond acceptors (Lipinski definition) is 3. The van der Waals surface area contributed by atoms with Crippen LogP contribution in [-0.4, -0.2) is 36.7 Å². The molecule has 1 aliphatic heterocycles. The number of amides is 1. The molecule has 1 amide bonds. The molecule has 3 aromatic rings. The number of carbonyl (C=O) groups excluding carboxylic acids is 1. The van der Waals surface area contributed by atoms with E-state index in [9.17, 15) is 4.79 Å². The molecule has 1 aromatic carbocycles. The average Bonchev–Trinajstić information content (AvgIpc) is 3.19. The van der Waals surface area contributed by atoms with Crippen molar-refractivity contribution in [2.75, 3.05) is 6.54 Å². The number of hydrogen-bond donors (Lipinski definition) is 0. The van der Waals surface area contributed by atoms with Crippen LogP contribution in [0.2, 0.25) is 0 Å². The Morgan fingerprint density at radius 3 is 2.63 bits per heavy atom. The SMILES string of the molecule is Cc1cc(C(=O)N2CC(C)(C)C2c2nccn2Cc2ccccc2)n(C)n1. The maximum absolute atomic E-state index is 13.2. The van der Waals surface area contributed by atoms with E-state index in [4.69, 9.17) is 0 Å². The third-order valence-electron chi connectivity index (χ3n) is 5.30. The molecule has 1 fully saturated rings. The molecule has 2 aromatic heterocycles. The van der Waals surface area contributed by atoms with Gasteiger partial charge in [-0.15, -0.1) is 0 Å². The standard InChI is InChI=1S/C21H25N5O/c1-15-12-17(24(4)23-15)20(27)26-14-21(2,3)18(26)19-22-10-11-25(19)13-16-8-6-5-7-9-16/h5-12,18H,13-14H2,1-4H3. The van der Waals surface area contributed by atoms with Gasteiger partial charge in [0.2, 0.25) is 0 Å². The molecule has 1 unspecified atom stereocenters. The summed E-state index contributed by atoms with van der Waals surface area (Å²) in [5.41, 5.74) is 2.66. The highest BCUT2D eigenvalue weighted by Crippen LogP contribution is 2.48. The molecule has 1 saturated heterocycles. The molecule has 6 nitrogen and oxygen atoms in total. The van der Waals surface area contributed by atoms with Gasteiger partial charge in [-0.25, -0.2) is 4.98 Å². The summed E-state index contributed by atoms with van der Waals surface area (Å²) in [7, 11) is 1.82. The maximum Gasteiger partial charge on any atom is 0.272 e. The minimum atomic E-state index is -0.0566. The number of aryl methyl sites for hydroxylation is 2. The summed E-state index contributed by atoms with van der Waals surface area (Å²) < 4.78 is 3.81. The number of carbonyl (C=O) groups is 1. The van der Waals surface area contributed by atoms with Crippen LogP contribution in [0.25, 0.3) is 0 Å². The van der Waals surface area contributed by atoms with E-state index in [2.05, 4.69) is 40.6 Å². The van der Waals surface area contributed by atoms with Crippen molar-refractivity contribution in [3.63, 3.8) is 0 Å². The Morgan fingerprint density at radius 2 is 2.00 bits per heavy atom. The maximum atomic E-state index is 13.2.